The normalized spacial score (nSPS) is 14.9. The molecule has 1 aliphatic heterocycles. The Morgan fingerprint density at radius 2 is 2.14 bits per heavy atom. The lowest BCUT2D eigenvalue weighted by molar-refractivity contribution is 0.168. The van der Waals surface area contributed by atoms with Gasteiger partial charge in [0, 0.05) is 31.4 Å². The fourth-order valence-electron chi connectivity index (χ4n) is 3.68. The number of carbonyl (C=O) groups excluding carboxylic acids is 1. The molecule has 0 unspecified atom stereocenters. The van der Waals surface area contributed by atoms with E-state index >= 15 is 0 Å². The van der Waals surface area contributed by atoms with Gasteiger partial charge in [-0.3, -0.25) is 0 Å². The van der Waals surface area contributed by atoms with Crippen molar-refractivity contribution < 1.29 is 9.53 Å². The maximum atomic E-state index is 12.6. The molecule has 1 aliphatic rings. The van der Waals surface area contributed by atoms with Crippen LogP contribution in [0.15, 0.2) is 24.3 Å². The van der Waals surface area contributed by atoms with E-state index in [2.05, 4.69) is 36.9 Å². The van der Waals surface area contributed by atoms with Crippen molar-refractivity contribution in [3.8, 4) is 18.1 Å². The third-order valence-electron chi connectivity index (χ3n) is 5.23. The minimum atomic E-state index is -0.0393. The summed E-state index contributed by atoms with van der Waals surface area (Å²) in [6.07, 6.45) is 8.61. The number of ether oxygens (including phenoxy) is 1. The zero-order valence-electron chi connectivity index (χ0n) is 17.6. The monoisotopic (exact) mass is 385 g/mol. The van der Waals surface area contributed by atoms with Gasteiger partial charge in [0.1, 0.15) is 12.4 Å². The van der Waals surface area contributed by atoms with Crippen LogP contribution in [0.2, 0.25) is 0 Å². The van der Waals surface area contributed by atoms with E-state index in [1.54, 1.807) is 6.07 Å². The molecule has 0 spiro atoms. The molecule has 28 heavy (non-hydrogen) atoms. The highest BCUT2D eigenvalue weighted by atomic mass is 16.5. The molecule has 1 aromatic rings. The second-order valence-electron chi connectivity index (χ2n) is 7.96. The first-order valence-corrected chi connectivity index (χ1v) is 10.5. The van der Waals surface area contributed by atoms with Crippen LogP contribution in [0.4, 0.5) is 10.5 Å². The first-order valence-electron chi connectivity index (χ1n) is 10.5. The van der Waals surface area contributed by atoms with Crippen LogP contribution in [-0.2, 0) is 0 Å². The second-order valence-corrected chi connectivity index (χ2v) is 7.96. The van der Waals surface area contributed by atoms with Gasteiger partial charge >= 0.3 is 6.03 Å². The van der Waals surface area contributed by atoms with Crippen LogP contribution < -0.4 is 10.1 Å². The molecular weight excluding hydrogens is 350 g/mol. The van der Waals surface area contributed by atoms with E-state index in [0.29, 0.717) is 17.6 Å². The van der Waals surface area contributed by atoms with E-state index in [-0.39, 0.29) is 12.6 Å². The third-order valence-corrected chi connectivity index (χ3v) is 5.23. The molecule has 1 aromatic carbocycles. The summed E-state index contributed by atoms with van der Waals surface area (Å²) in [5.41, 5.74) is 0.730. The molecule has 1 saturated heterocycles. The van der Waals surface area contributed by atoms with Crippen LogP contribution in [-0.4, -0.2) is 55.2 Å². The molecular formula is C23H35N3O2. The van der Waals surface area contributed by atoms with Crippen molar-refractivity contribution in [1.29, 1.82) is 0 Å². The van der Waals surface area contributed by atoms with Gasteiger partial charge in [-0.2, -0.15) is 0 Å². The van der Waals surface area contributed by atoms with Gasteiger partial charge in [-0.1, -0.05) is 32.8 Å². The third kappa shape index (κ3) is 7.44. The van der Waals surface area contributed by atoms with Crippen LogP contribution >= 0.6 is 0 Å². The quantitative estimate of drug-likeness (QED) is 0.644. The van der Waals surface area contributed by atoms with Gasteiger partial charge in [-0.25, -0.2) is 4.79 Å². The Bertz CT molecular complexity index is 645. The highest BCUT2D eigenvalue weighted by molar-refractivity contribution is 5.89. The number of likely N-dealkylation sites (tertiary alicyclic amines) is 1. The smallest absolute Gasteiger partial charge is 0.321 e. The van der Waals surface area contributed by atoms with E-state index < -0.39 is 0 Å². The maximum absolute atomic E-state index is 12.6. The first-order chi connectivity index (χ1) is 13.5. The van der Waals surface area contributed by atoms with Gasteiger partial charge in [0.15, 0.2) is 0 Å². The van der Waals surface area contributed by atoms with Crippen molar-refractivity contribution in [2.24, 2.45) is 11.8 Å². The Morgan fingerprint density at radius 3 is 2.79 bits per heavy atom. The van der Waals surface area contributed by atoms with Crippen LogP contribution in [0.25, 0.3) is 0 Å². The molecule has 1 N–H and O–H groups in total. The van der Waals surface area contributed by atoms with E-state index in [0.717, 1.165) is 44.7 Å². The average Bonchev–Trinajstić information content (AvgIpc) is 2.70. The van der Waals surface area contributed by atoms with Gasteiger partial charge < -0.3 is 19.9 Å². The molecule has 5 heteroatoms. The molecule has 5 nitrogen and oxygen atoms in total. The lowest BCUT2D eigenvalue weighted by Gasteiger charge is -2.33. The molecule has 1 heterocycles. The van der Waals surface area contributed by atoms with Gasteiger partial charge in [-0.15, -0.1) is 6.42 Å². The molecule has 0 bridgehead atoms. The van der Waals surface area contributed by atoms with Crippen molar-refractivity contribution in [3.05, 3.63) is 24.3 Å². The molecule has 2 amide bonds. The van der Waals surface area contributed by atoms with Crippen LogP contribution in [0, 0.1) is 24.2 Å². The summed E-state index contributed by atoms with van der Waals surface area (Å²) < 4.78 is 5.41. The highest BCUT2D eigenvalue weighted by Gasteiger charge is 2.23. The molecule has 1 fully saturated rings. The first kappa shape index (κ1) is 22.1. The summed E-state index contributed by atoms with van der Waals surface area (Å²) >= 11 is 0. The number of terminal acetylenes is 1. The summed E-state index contributed by atoms with van der Waals surface area (Å²) in [6, 6.07) is 7.31. The zero-order chi connectivity index (χ0) is 20.4. The van der Waals surface area contributed by atoms with Crippen LogP contribution in [0.3, 0.4) is 0 Å². The van der Waals surface area contributed by atoms with Crippen LogP contribution in [0.1, 0.15) is 40.0 Å². The number of amides is 2. The summed E-state index contributed by atoms with van der Waals surface area (Å²) in [7, 11) is 0. The second kappa shape index (κ2) is 11.6. The minimum Gasteiger partial charge on any atom is -0.481 e. The summed E-state index contributed by atoms with van der Waals surface area (Å²) in [5, 5.41) is 2.97. The Balaban J connectivity index is 1.75. The van der Waals surface area contributed by atoms with Gasteiger partial charge in [-0.05, 0) is 56.3 Å². The number of anilines is 1. The molecule has 0 aliphatic carbocycles. The van der Waals surface area contributed by atoms with E-state index in [1.807, 2.05) is 23.1 Å². The zero-order valence-corrected chi connectivity index (χ0v) is 17.6. The fraction of sp³-hybridized carbons (Fsp3) is 0.609. The number of urea groups is 1. The SMILES string of the molecule is C#CCOc1cccc(NC(=O)N2CCC(CCN(CC)CC(C)C)CC2)c1. The minimum absolute atomic E-state index is 0.0393. The maximum Gasteiger partial charge on any atom is 0.321 e. The number of carbonyl (C=O) groups is 1. The predicted octanol–water partition coefficient (Wildman–Crippen LogP) is 4.31. The van der Waals surface area contributed by atoms with Crippen LogP contribution in [0.5, 0.6) is 5.75 Å². The van der Waals surface area contributed by atoms with E-state index in [9.17, 15) is 4.79 Å². The van der Waals surface area contributed by atoms with Crippen molar-refractivity contribution in [3.63, 3.8) is 0 Å². The lowest BCUT2D eigenvalue weighted by Crippen LogP contribution is -2.41. The number of hydrogen-bond acceptors (Lipinski definition) is 3. The van der Waals surface area contributed by atoms with E-state index in [1.165, 1.54) is 13.0 Å². The van der Waals surface area contributed by atoms with Crippen molar-refractivity contribution in [2.75, 3.05) is 44.6 Å². The summed E-state index contributed by atoms with van der Waals surface area (Å²) in [5.74, 6) is 4.53. The average molecular weight is 386 g/mol. The molecule has 0 aromatic heterocycles. The number of benzene rings is 1. The van der Waals surface area contributed by atoms with Crippen molar-refractivity contribution in [1.82, 2.24) is 9.80 Å². The fourth-order valence-corrected chi connectivity index (χ4v) is 3.68. The molecule has 0 saturated carbocycles. The Kier molecular flexibility index (Phi) is 9.16. The number of piperidine rings is 1. The number of nitrogens with one attached hydrogen (secondary N) is 1. The highest BCUT2D eigenvalue weighted by Crippen LogP contribution is 2.23. The molecule has 154 valence electrons. The number of rotatable bonds is 9. The number of hydrogen-bond donors (Lipinski definition) is 1. The Labute approximate surface area is 170 Å². The molecule has 0 radical (unpaired) electrons. The molecule has 0 atom stereocenters. The van der Waals surface area contributed by atoms with Gasteiger partial charge in [0.05, 0.1) is 0 Å². The Hall–Kier alpha value is -2.19. The Morgan fingerprint density at radius 1 is 1.39 bits per heavy atom. The predicted molar refractivity (Wildman–Crippen MR) is 116 cm³/mol. The number of nitrogens with zero attached hydrogens (tertiary/aromatic N) is 2. The van der Waals surface area contributed by atoms with Crippen molar-refractivity contribution in [2.45, 2.75) is 40.0 Å². The standard InChI is InChI=1S/C23H35N3O2/c1-5-16-28-22-9-7-8-21(17-22)24-23(27)26-14-11-20(12-15-26)10-13-25(6-2)18-19(3)4/h1,7-9,17,19-20H,6,10-16,18H2,2-4H3,(H,24,27). The summed E-state index contributed by atoms with van der Waals surface area (Å²) in [4.78, 5) is 17.0. The van der Waals surface area contributed by atoms with Gasteiger partial charge in [0.25, 0.3) is 0 Å². The van der Waals surface area contributed by atoms with Gasteiger partial charge in [0.2, 0.25) is 0 Å². The largest absolute Gasteiger partial charge is 0.481 e. The molecule has 2 rings (SSSR count). The topological polar surface area (TPSA) is 44.8 Å². The van der Waals surface area contributed by atoms with Crippen molar-refractivity contribution >= 4 is 11.7 Å². The lowest BCUT2D eigenvalue weighted by atomic mass is 9.93. The summed E-state index contributed by atoms with van der Waals surface area (Å²) in [6.45, 7) is 12.1. The van der Waals surface area contributed by atoms with E-state index in [4.69, 9.17) is 11.2 Å².